The van der Waals surface area contributed by atoms with Crippen LogP contribution in [0, 0.1) is 0 Å². The third kappa shape index (κ3) is 3.20. The van der Waals surface area contributed by atoms with E-state index in [1.54, 1.807) is 7.05 Å². The molecule has 0 aliphatic heterocycles. The standard InChI is InChI=1S/C9H15N5O2/c1-10-5-8-13-14-9(16-8)11-4-7(15)12-6-2-3-6/h6,10H,2-5H2,1H3,(H,11,14)(H,12,15). The zero-order chi connectivity index (χ0) is 11.4. The van der Waals surface area contributed by atoms with Crippen LogP contribution in [0.25, 0.3) is 0 Å². The van der Waals surface area contributed by atoms with Gasteiger partial charge in [0.05, 0.1) is 13.1 Å². The first kappa shape index (κ1) is 10.9. The first-order chi connectivity index (χ1) is 7.78. The molecule has 1 aromatic heterocycles. The summed E-state index contributed by atoms with van der Waals surface area (Å²) in [7, 11) is 1.79. The molecular weight excluding hydrogens is 210 g/mol. The van der Waals surface area contributed by atoms with Gasteiger partial charge in [0.2, 0.25) is 11.8 Å². The monoisotopic (exact) mass is 225 g/mol. The average Bonchev–Trinajstić information content (AvgIpc) is 2.95. The zero-order valence-corrected chi connectivity index (χ0v) is 9.12. The van der Waals surface area contributed by atoms with Crippen LogP contribution in [0.5, 0.6) is 0 Å². The molecule has 0 spiro atoms. The maximum Gasteiger partial charge on any atom is 0.315 e. The Morgan fingerprint density at radius 3 is 3.00 bits per heavy atom. The Morgan fingerprint density at radius 2 is 2.31 bits per heavy atom. The number of anilines is 1. The van der Waals surface area contributed by atoms with Gasteiger partial charge in [-0.15, -0.1) is 5.10 Å². The molecule has 1 aliphatic carbocycles. The fourth-order valence-electron chi connectivity index (χ4n) is 1.21. The molecule has 16 heavy (non-hydrogen) atoms. The summed E-state index contributed by atoms with van der Waals surface area (Å²) in [6, 6.07) is 0.646. The second-order valence-corrected chi connectivity index (χ2v) is 3.73. The van der Waals surface area contributed by atoms with E-state index in [1.807, 2.05) is 0 Å². The predicted octanol–water partition coefficient (Wildman–Crippen LogP) is -0.520. The Morgan fingerprint density at radius 1 is 1.50 bits per heavy atom. The molecular formula is C9H15N5O2. The van der Waals surface area contributed by atoms with Crippen LogP contribution in [0.1, 0.15) is 18.7 Å². The molecule has 1 saturated carbocycles. The number of carbonyl (C=O) groups is 1. The molecule has 0 bridgehead atoms. The fourth-order valence-corrected chi connectivity index (χ4v) is 1.21. The molecule has 1 amide bonds. The molecule has 0 aromatic carbocycles. The lowest BCUT2D eigenvalue weighted by molar-refractivity contribution is -0.119. The van der Waals surface area contributed by atoms with Crippen molar-refractivity contribution < 1.29 is 9.21 Å². The SMILES string of the molecule is CNCc1nnc(NCC(=O)NC2CC2)o1. The van der Waals surface area contributed by atoms with Gasteiger partial charge >= 0.3 is 6.01 Å². The molecule has 1 heterocycles. The molecule has 0 unspecified atom stereocenters. The van der Waals surface area contributed by atoms with Gasteiger partial charge in [-0.25, -0.2) is 0 Å². The lowest BCUT2D eigenvalue weighted by Crippen LogP contribution is -2.31. The third-order valence-electron chi connectivity index (χ3n) is 2.14. The Balaban J connectivity index is 1.72. The number of carbonyl (C=O) groups excluding carboxylic acids is 1. The van der Waals surface area contributed by atoms with Crippen LogP contribution in [0.15, 0.2) is 4.42 Å². The van der Waals surface area contributed by atoms with Gasteiger partial charge in [-0.2, -0.15) is 0 Å². The predicted molar refractivity (Wildman–Crippen MR) is 56.7 cm³/mol. The van der Waals surface area contributed by atoms with Crippen LogP contribution < -0.4 is 16.0 Å². The van der Waals surface area contributed by atoms with Crippen LogP contribution in [-0.4, -0.2) is 35.7 Å². The minimum absolute atomic E-state index is 0.0455. The van der Waals surface area contributed by atoms with Gasteiger partial charge in [0, 0.05) is 6.04 Å². The van der Waals surface area contributed by atoms with E-state index in [9.17, 15) is 4.79 Å². The number of nitrogens with one attached hydrogen (secondary N) is 3. The Labute approximate surface area is 93.0 Å². The summed E-state index contributed by atoms with van der Waals surface area (Å²) in [5.41, 5.74) is 0. The highest BCUT2D eigenvalue weighted by atomic mass is 16.4. The van der Waals surface area contributed by atoms with Crippen molar-refractivity contribution in [3.63, 3.8) is 0 Å². The van der Waals surface area contributed by atoms with Gasteiger partial charge in [-0.05, 0) is 19.9 Å². The average molecular weight is 225 g/mol. The van der Waals surface area contributed by atoms with Gasteiger partial charge in [0.1, 0.15) is 0 Å². The number of hydrogen-bond acceptors (Lipinski definition) is 6. The van der Waals surface area contributed by atoms with Crippen molar-refractivity contribution in [3.05, 3.63) is 5.89 Å². The summed E-state index contributed by atoms with van der Waals surface area (Å²) in [6.07, 6.45) is 2.16. The van der Waals surface area contributed by atoms with Crippen LogP contribution in [0.4, 0.5) is 6.01 Å². The fraction of sp³-hybridized carbons (Fsp3) is 0.667. The van der Waals surface area contributed by atoms with Gasteiger partial charge < -0.3 is 20.4 Å². The maximum atomic E-state index is 11.3. The summed E-state index contributed by atoms with van der Waals surface area (Å²) >= 11 is 0. The largest absolute Gasteiger partial charge is 0.407 e. The highest BCUT2D eigenvalue weighted by molar-refractivity contribution is 5.80. The molecule has 7 heteroatoms. The van der Waals surface area contributed by atoms with E-state index < -0.39 is 0 Å². The van der Waals surface area contributed by atoms with E-state index in [1.165, 1.54) is 0 Å². The normalized spacial score (nSPS) is 14.8. The third-order valence-corrected chi connectivity index (χ3v) is 2.14. The summed E-state index contributed by atoms with van der Waals surface area (Å²) in [5.74, 6) is 0.448. The summed E-state index contributed by atoms with van der Waals surface area (Å²) in [4.78, 5) is 11.3. The van der Waals surface area contributed by atoms with Crippen molar-refractivity contribution in [2.75, 3.05) is 18.9 Å². The van der Waals surface area contributed by atoms with Crippen LogP contribution in [-0.2, 0) is 11.3 Å². The van der Waals surface area contributed by atoms with Crippen LogP contribution in [0.2, 0.25) is 0 Å². The maximum absolute atomic E-state index is 11.3. The molecule has 0 radical (unpaired) electrons. The topological polar surface area (TPSA) is 92.1 Å². The second kappa shape index (κ2) is 4.93. The Kier molecular flexibility index (Phi) is 3.35. The first-order valence-corrected chi connectivity index (χ1v) is 5.28. The Bertz CT molecular complexity index is 361. The van der Waals surface area contributed by atoms with E-state index in [0.717, 1.165) is 12.8 Å². The molecule has 3 N–H and O–H groups in total. The second-order valence-electron chi connectivity index (χ2n) is 3.73. The first-order valence-electron chi connectivity index (χ1n) is 5.28. The van der Waals surface area contributed by atoms with Crippen molar-refractivity contribution in [2.45, 2.75) is 25.4 Å². The van der Waals surface area contributed by atoms with Crippen molar-refractivity contribution in [2.24, 2.45) is 0 Å². The number of aromatic nitrogens is 2. The van der Waals surface area contributed by atoms with E-state index in [0.29, 0.717) is 18.5 Å². The minimum atomic E-state index is -0.0455. The quantitative estimate of drug-likeness (QED) is 0.603. The molecule has 0 atom stereocenters. The van der Waals surface area contributed by atoms with E-state index in [4.69, 9.17) is 4.42 Å². The van der Waals surface area contributed by atoms with E-state index >= 15 is 0 Å². The molecule has 88 valence electrons. The molecule has 1 aromatic rings. The van der Waals surface area contributed by atoms with Crippen molar-refractivity contribution >= 4 is 11.9 Å². The van der Waals surface area contributed by atoms with Crippen molar-refractivity contribution in [1.82, 2.24) is 20.8 Å². The molecule has 7 nitrogen and oxygen atoms in total. The number of rotatable bonds is 6. The molecule has 1 fully saturated rings. The van der Waals surface area contributed by atoms with Crippen molar-refractivity contribution in [1.29, 1.82) is 0 Å². The summed E-state index contributed by atoms with van der Waals surface area (Å²) in [5, 5.41) is 16.1. The lowest BCUT2D eigenvalue weighted by Gasteiger charge is -2.02. The van der Waals surface area contributed by atoms with Gasteiger partial charge in [0.25, 0.3) is 0 Å². The number of nitrogens with zero attached hydrogens (tertiary/aromatic N) is 2. The highest BCUT2D eigenvalue weighted by Gasteiger charge is 2.23. The zero-order valence-electron chi connectivity index (χ0n) is 9.12. The van der Waals surface area contributed by atoms with Gasteiger partial charge in [-0.1, -0.05) is 5.10 Å². The van der Waals surface area contributed by atoms with Crippen LogP contribution in [0.3, 0.4) is 0 Å². The van der Waals surface area contributed by atoms with Crippen LogP contribution >= 0.6 is 0 Å². The summed E-state index contributed by atoms with van der Waals surface area (Å²) in [6.45, 7) is 0.681. The Hall–Kier alpha value is -1.63. The highest BCUT2D eigenvalue weighted by Crippen LogP contribution is 2.18. The molecule has 2 rings (SSSR count). The van der Waals surface area contributed by atoms with Crippen molar-refractivity contribution in [3.8, 4) is 0 Å². The van der Waals surface area contributed by atoms with Gasteiger partial charge in [-0.3, -0.25) is 4.79 Å². The number of hydrogen-bond donors (Lipinski definition) is 3. The summed E-state index contributed by atoms with van der Waals surface area (Å²) < 4.78 is 5.22. The lowest BCUT2D eigenvalue weighted by atomic mass is 10.5. The number of amides is 1. The van der Waals surface area contributed by atoms with E-state index in [2.05, 4.69) is 26.1 Å². The van der Waals surface area contributed by atoms with Gasteiger partial charge in [0.15, 0.2) is 0 Å². The molecule has 0 saturated heterocycles. The minimum Gasteiger partial charge on any atom is -0.407 e. The smallest absolute Gasteiger partial charge is 0.315 e. The van der Waals surface area contributed by atoms with E-state index in [-0.39, 0.29) is 18.5 Å². The molecule has 1 aliphatic rings.